The van der Waals surface area contributed by atoms with Crippen molar-refractivity contribution < 1.29 is 13.2 Å². The van der Waals surface area contributed by atoms with Crippen LogP contribution in [0, 0.1) is 5.92 Å². The molecule has 0 saturated carbocycles. The van der Waals surface area contributed by atoms with E-state index in [1.165, 1.54) is 0 Å². The molecule has 1 aromatic carbocycles. The number of hydrogen-bond acceptors (Lipinski definition) is 4. The summed E-state index contributed by atoms with van der Waals surface area (Å²) in [5, 5.41) is 3.03. The molecule has 0 amide bonds. The maximum absolute atomic E-state index is 12.3. The predicted octanol–water partition coefficient (Wildman–Crippen LogP) is 1.48. The summed E-state index contributed by atoms with van der Waals surface area (Å²) in [6.45, 7) is 2.47. The Morgan fingerprint density at radius 3 is 2.85 bits per heavy atom. The van der Waals surface area contributed by atoms with E-state index < -0.39 is 10.0 Å². The third-order valence-corrected chi connectivity index (χ3v) is 5.65. The summed E-state index contributed by atoms with van der Waals surface area (Å²) in [7, 11) is -1.63. The molecule has 1 aliphatic heterocycles. The van der Waals surface area contributed by atoms with Crippen molar-refractivity contribution in [1.82, 2.24) is 10.0 Å². The van der Waals surface area contributed by atoms with Gasteiger partial charge in [0.05, 0.1) is 11.5 Å². The molecule has 1 unspecified atom stereocenters. The molecule has 0 aromatic heterocycles. The highest BCUT2D eigenvalue weighted by Gasteiger charge is 2.21. The second-order valence-corrected chi connectivity index (χ2v) is 7.47. The van der Waals surface area contributed by atoms with Gasteiger partial charge < -0.3 is 10.1 Å². The number of nitrogens with one attached hydrogen (secondary N) is 2. The average Bonchev–Trinajstić information content (AvgIpc) is 2.90. The minimum absolute atomic E-state index is 0.270. The minimum Gasteiger partial charge on any atom is -0.381 e. The van der Waals surface area contributed by atoms with Gasteiger partial charge in [0.15, 0.2) is 0 Å². The van der Waals surface area contributed by atoms with Crippen LogP contribution in [-0.2, 0) is 21.3 Å². The Bertz CT molecular complexity index is 557. The number of rotatable bonds is 6. The molecule has 1 saturated heterocycles. The van der Waals surface area contributed by atoms with Crippen molar-refractivity contribution in [3.05, 3.63) is 28.2 Å². The first-order valence-electron chi connectivity index (χ1n) is 6.53. The lowest BCUT2D eigenvalue weighted by Crippen LogP contribution is -2.29. The van der Waals surface area contributed by atoms with Crippen LogP contribution in [0.3, 0.4) is 0 Å². The fraction of sp³-hybridized carbons (Fsp3) is 0.538. The van der Waals surface area contributed by atoms with Crippen LogP contribution in [0.25, 0.3) is 0 Å². The number of ether oxygens (including phenoxy) is 1. The highest BCUT2D eigenvalue weighted by Crippen LogP contribution is 2.23. The van der Waals surface area contributed by atoms with Gasteiger partial charge in [-0.05, 0) is 53.0 Å². The number of hydrogen-bond donors (Lipinski definition) is 2. The van der Waals surface area contributed by atoms with Crippen LogP contribution >= 0.6 is 15.9 Å². The molecule has 1 atom stereocenters. The van der Waals surface area contributed by atoms with E-state index in [0.29, 0.717) is 24.2 Å². The SMILES string of the molecule is CNCc1ccc(S(=O)(=O)NCC2CCOC2)c(Br)c1. The van der Waals surface area contributed by atoms with E-state index in [0.717, 1.165) is 18.6 Å². The van der Waals surface area contributed by atoms with Crippen molar-refractivity contribution >= 4 is 26.0 Å². The molecule has 2 rings (SSSR count). The van der Waals surface area contributed by atoms with Crippen molar-refractivity contribution in [2.45, 2.75) is 17.9 Å². The van der Waals surface area contributed by atoms with Gasteiger partial charge in [-0.2, -0.15) is 0 Å². The lowest BCUT2D eigenvalue weighted by Gasteiger charge is -2.12. The summed E-state index contributed by atoms with van der Waals surface area (Å²) in [6.07, 6.45) is 0.908. The molecule has 20 heavy (non-hydrogen) atoms. The number of sulfonamides is 1. The average molecular weight is 363 g/mol. The van der Waals surface area contributed by atoms with Crippen molar-refractivity contribution in [3.63, 3.8) is 0 Å². The molecule has 1 heterocycles. The predicted molar refractivity (Wildman–Crippen MR) is 81.0 cm³/mol. The first-order chi connectivity index (χ1) is 9.53. The fourth-order valence-electron chi connectivity index (χ4n) is 2.13. The zero-order chi connectivity index (χ0) is 14.6. The summed E-state index contributed by atoms with van der Waals surface area (Å²) >= 11 is 3.33. The maximum atomic E-state index is 12.3. The topological polar surface area (TPSA) is 67.4 Å². The quantitative estimate of drug-likeness (QED) is 0.804. The molecule has 5 nitrogen and oxygen atoms in total. The van der Waals surface area contributed by atoms with Gasteiger partial charge in [0.1, 0.15) is 0 Å². The first-order valence-corrected chi connectivity index (χ1v) is 8.81. The van der Waals surface area contributed by atoms with E-state index in [2.05, 4.69) is 26.0 Å². The van der Waals surface area contributed by atoms with Crippen LogP contribution < -0.4 is 10.0 Å². The van der Waals surface area contributed by atoms with E-state index >= 15 is 0 Å². The van der Waals surface area contributed by atoms with Crippen LogP contribution in [0.2, 0.25) is 0 Å². The van der Waals surface area contributed by atoms with Gasteiger partial charge in [0.2, 0.25) is 10.0 Å². The largest absolute Gasteiger partial charge is 0.381 e. The molecule has 7 heteroatoms. The van der Waals surface area contributed by atoms with E-state index in [4.69, 9.17) is 4.74 Å². The van der Waals surface area contributed by atoms with Crippen molar-refractivity contribution in [3.8, 4) is 0 Å². The molecule has 112 valence electrons. The van der Waals surface area contributed by atoms with Crippen LogP contribution in [0.1, 0.15) is 12.0 Å². The monoisotopic (exact) mass is 362 g/mol. The highest BCUT2D eigenvalue weighted by atomic mass is 79.9. The molecule has 1 aliphatic rings. The van der Waals surface area contributed by atoms with Gasteiger partial charge in [-0.25, -0.2) is 13.1 Å². The Kier molecular flexibility index (Phi) is 5.57. The highest BCUT2D eigenvalue weighted by molar-refractivity contribution is 9.10. The molecule has 0 spiro atoms. The third-order valence-electron chi connectivity index (χ3n) is 3.25. The molecule has 1 fully saturated rings. The van der Waals surface area contributed by atoms with Crippen molar-refractivity contribution in [1.29, 1.82) is 0 Å². The third kappa shape index (κ3) is 4.02. The Balaban J connectivity index is 2.08. The Morgan fingerprint density at radius 1 is 1.45 bits per heavy atom. The van der Waals surface area contributed by atoms with Crippen molar-refractivity contribution in [2.24, 2.45) is 5.92 Å². The summed E-state index contributed by atoms with van der Waals surface area (Å²) in [5.41, 5.74) is 1.03. The van der Waals surface area contributed by atoms with E-state index in [-0.39, 0.29) is 10.8 Å². The summed E-state index contributed by atoms with van der Waals surface area (Å²) < 4.78 is 33.0. The maximum Gasteiger partial charge on any atom is 0.241 e. The summed E-state index contributed by atoms with van der Waals surface area (Å²) in [5.74, 6) is 0.270. The zero-order valence-electron chi connectivity index (χ0n) is 11.4. The lowest BCUT2D eigenvalue weighted by molar-refractivity contribution is 0.186. The fourth-order valence-corrected chi connectivity index (χ4v) is 4.36. The molecular weight excluding hydrogens is 344 g/mol. The Labute approximate surface area is 128 Å². The smallest absolute Gasteiger partial charge is 0.241 e. The van der Waals surface area contributed by atoms with Gasteiger partial charge in [0.25, 0.3) is 0 Å². The van der Waals surface area contributed by atoms with E-state index in [1.807, 2.05) is 19.2 Å². The Hall–Kier alpha value is -0.470. The van der Waals surface area contributed by atoms with Gasteiger partial charge >= 0.3 is 0 Å². The molecule has 0 bridgehead atoms. The van der Waals surface area contributed by atoms with Gasteiger partial charge in [-0.3, -0.25) is 0 Å². The van der Waals surface area contributed by atoms with Crippen LogP contribution in [0.5, 0.6) is 0 Å². The van der Waals surface area contributed by atoms with E-state index in [9.17, 15) is 8.42 Å². The molecule has 2 N–H and O–H groups in total. The normalized spacial score (nSPS) is 19.4. The minimum atomic E-state index is -3.48. The molecule has 0 aliphatic carbocycles. The number of halogens is 1. The van der Waals surface area contributed by atoms with Gasteiger partial charge in [0, 0.05) is 24.2 Å². The van der Waals surface area contributed by atoms with Crippen LogP contribution in [0.4, 0.5) is 0 Å². The lowest BCUT2D eigenvalue weighted by atomic mass is 10.1. The molecular formula is C13H19BrN2O3S. The van der Waals surface area contributed by atoms with Crippen LogP contribution in [0.15, 0.2) is 27.6 Å². The second kappa shape index (κ2) is 7.00. The second-order valence-electron chi connectivity index (χ2n) is 4.88. The van der Waals surface area contributed by atoms with Crippen molar-refractivity contribution in [2.75, 3.05) is 26.8 Å². The van der Waals surface area contributed by atoms with E-state index in [1.54, 1.807) is 6.07 Å². The van der Waals surface area contributed by atoms with Crippen LogP contribution in [-0.4, -0.2) is 35.2 Å². The summed E-state index contributed by atoms with van der Waals surface area (Å²) in [4.78, 5) is 0.274. The Morgan fingerprint density at radius 2 is 2.25 bits per heavy atom. The standard InChI is InChI=1S/C13H19BrN2O3S/c1-15-7-10-2-3-13(12(14)6-10)20(17,18)16-8-11-4-5-19-9-11/h2-3,6,11,15-16H,4-5,7-9H2,1H3. The molecule has 1 aromatic rings. The first kappa shape index (κ1) is 15.9. The van der Waals surface area contributed by atoms with Gasteiger partial charge in [-0.15, -0.1) is 0 Å². The molecule has 0 radical (unpaired) electrons. The number of benzene rings is 1. The summed E-state index contributed by atoms with van der Waals surface area (Å²) in [6, 6.07) is 5.27. The van der Waals surface area contributed by atoms with Gasteiger partial charge in [-0.1, -0.05) is 6.07 Å². The zero-order valence-corrected chi connectivity index (χ0v) is 13.8.